The number of hydrogen-bond donors (Lipinski definition) is 3. The second kappa shape index (κ2) is 36.7. The highest BCUT2D eigenvalue weighted by Crippen LogP contribution is 2.59. The van der Waals surface area contributed by atoms with Gasteiger partial charge in [0.15, 0.2) is 21.8 Å². The second-order valence-corrected chi connectivity index (χ2v) is 40.4. The summed E-state index contributed by atoms with van der Waals surface area (Å²) < 4.78 is 42.8. The third kappa shape index (κ3) is 20.8. The van der Waals surface area contributed by atoms with Gasteiger partial charge in [0.25, 0.3) is 0 Å². The number of carboxylic acid groups (broad SMARTS) is 1. The number of aliphatic carboxylic acids is 1. The van der Waals surface area contributed by atoms with Gasteiger partial charge in [0, 0.05) is 84.5 Å². The van der Waals surface area contributed by atoms with Crippen LogP contribution in [0, 0.1) is 69.0 Å². The van der Waals surface area contributed by atoms with Crippen molar-refractivity contribution < 1.29 is 76.6 Å². The molecular weight excluding hydrogens is 1620 g/mol. The molecule has 0 radical (unpaired) electrons. The molecule has 4 aromatic heterocycles. The summed E-state index contributed by atoms with van der Waals surface area (Å²) in [6, 6.07) is 9.29. The smallest absolute Gasteiger partial charge is 0.312 e. The number of rotatable bonds is 36. The molecule has 3 N–H and O–H groups in total. The minimum absolute atomic E-state index is 0.0333. The number of carbonyl (C=O) groups excluding carboxylic acids is 7. The minimum Gasteiger partial charge on any atom is -0.491 e. The van der Waals surface area contributed by atoms with E-state index >= 15 is 0 Å². The number of methoxy groups -OCH3 is 1. The number of benzene rings is 2. The molecule has 121 heavy (non-hydrogen) atoms. The molecule has 2 saturated heterocycles. The number of hydrogen-bond acceptors (Lipinski definition) is 25. The Labute approximate surface area is 727 Å². The molecular formula is C91H118Cl2N10O16S2. The van der Waals surface area contributed by atoms with Gasteiger partial charge in [-0.2, -0.15) is 0 Å². The summed E-state index contributed by atoms with van der Waals surface area (Å²) in [5.74, 6) is -1.49. The fraction of sp³-hybridized carbons (Fsp3) is 0.604. The van der Waals surface area contributed by atoms with Crippen molar-refractivity contribution in [2.45, 2.75) is 208 Å². The van der Waals surface area contributed by atoms with E-state index in [9.17, 15) is 43.5 Å². The third-order valence-corrected chi connectivity index (χ3v) is 27.6. The summed E-state index contributed by atoms with van der Waals surface area (Å²) in [5.41, 5.74) is -0.453. The number of halogens is 2. The molecule has 14 rings (SSSR count). The van der Waals surface area contributed by atoms with Crippen LogP contribution < -0.4 is 29.6 Å². The standard InChI is InChI=1S/C46H60ClN5O8S.C45H58ClN5O8S/c1-10-28-21-46(28,43(56)57-9)22-36(53)35-18-30(23-52(35)42(55)32(45(4,5)6)19-39(54)60-29-16-26-15-27(26)17-29)59-38-20-33(34-24-61-44(50-34)48-25(2)3)49-41-31(38)11-12-37(40(41)47)58-14-13-51(7)8;1-9-27-20-45(27,42(55)56)21-35(52)34-17-29(22-51(34)41(54)31(44(4,5)6)18-38(53)59-28-15-25-14-26(25)16-28)58-37-19-32(33-23-60-43(49-33)47-24(2)3)48-40-30(37)10-11-36(39(40)46)57-13-12-50(7)8/h10-12,20,24-30,32,35H,1,13-19,21-23H2,2-9H3,(H,48,50);9-11,19,23-29,31,34H,1,12-18,20-22H2,2-8H3,(H,47,49)(H,55,56)/t26-,27+,28-,29?,30-,32-,35+,46?;25-,26+,27-,28?,29-,31-,34+,45?/m11/s1. The normalized spacial score (nSPS) is 26.1. The highest BCUT2D eigenvalue weighted by atomic mass is 35.5. The number of nitrogens with one attached hydrogen (secondary N) is 2. The van der Waals surface area contributed by atoms with Gasteiger partial charge >= 0.3 is 23.9 Å². The van der Waals surface area contributed by atoms with Crippen molar-refractivity contribution in [3.05, 3.63) is 82.5 Å². The molecule has 6 aromatic rings. The number of esters is 3. The van der Waals surface area contributed by atoms with E-state index < -0.39 is 81.7 Å². The molecule has 2 amide bonds. The predicted octanol–water partition coefficient (Wildman–Crippen LogP) is 15.6. The first-order chi connectivity index (χ1) is 57.3. The molecule has 30 heteroatoms. The van der Waals surface area contributed by atoms with Crippen LogP contribution in [0.25, 0.3) is 44.6 Å². The van der Waals surface area contributed by atoms with Gasteiger partial charge in [-0.25, -0.2) is 19.9 Å². The number of carboxylic acids is 1. The van der Waals surface area contributed by atoms with E-state index in [1.54, 1.807) is 35.3 Å². The summed E-state index contributed by atoms with van der Waals surface area (Å²) in [4.78, 5) is 138. The highest BCUT2D eigenvalue weighted by Gasteiger charge is 2.63. The molecule has 6 aliphatic carbocycles. The van der Waals surface area contributed by atoms with Crippen molar-refractivity contribution in [3.8, 4) is 45.8 Å². The number of ketones is 2. The number of thiazole rings is 2. The fourth-order valence-corrected chi connectivity index (χ4v) is 20.3. The summed E-state index contributed by atoms with van der Waals surface area (Å²) in [6.07, 6.45) is 7.96. The Morgan fingerprint density at radius 1 is 0.562 bits per heavy atom. The predicted molar refractivity (Wildman–Crippen MR) is 467 cm³/mol. The second-order valence-electron chi connectivity index (χ2n) is 37.9. The van der Waals surface area contributed by atoms with Crippen LogP contribution in [0.1, 0.15) is 159 Å². The first-order valence-electron chi connectivity index (χ1n) is 42.5. The molecule has 0 spiro atoms. The van der Waals surface area contributed by atoms with Crippen LogP contribution in [0.15, 0.2) is 72.5 Å². The Hall–Kier alpha value is -8.54. The van der Waals surface area contributed by atoms with E-state index in [-0.39, 0.29) is 111 Å². The number of allylic oxidation sites excluding steroid dienone is 2. The average molecular weight is 1740 g/mol. The van der Waals surface area contributed by atoms with Crippen molar-refractivity contribution >= 4 is 125 Å². The Morgan fingerprint density at radius 3 is 1.30 bits per heavy atom. The monoisotopic (exact) mass is 1740 g/mol. The maximum atomic E-state index is 14.9. The van der Waals surface area contributed by atoms with Gasteiger partial charge in [0.2, 0.25) is 11.8 Å². The van der Waals surface area contributed by atoms with Crippen LogP contribution in [0.5, 0.6) is 23.0 Å². The lowest BCUT2D eigenvalue weighted by Gasteiger charge is -2.35. The van der Waals surface area contributed by atoms with Crippen LogP contribution in [0.3, 0.4) is 0 Å². The van der Waals surface area contributed by atoms with Gasteiger partial charge in [-0.3, -0.25) is 38.4 Å². The summed E-state index contributed by atoms with van der Waals surface area (Å²) in [6.45, 7) is 29.6. The molecule has 8 aliphatic rings. The zero-order valence-electron chi connectivity index (χ0n) is 72.3. The number of likely N-dealkylation sites (N-methyl/N-ethyl adjacent to an activating group) is 2. The number of pyridine rings is 2. The molecule has 8 fully saturated rings. The molecule has 26 nitrogen and oxygen atoms in total. The average Bonchev–Trinajstić information content (AvgIpc) is 1.55. The minimum atomic E-state index is -1.27. The summed E-state index contributed by atoms with van der Waals surface area (Å²) >= 11 is 17.0. The topological polar surface area (TPSA) is 310 Å². The largest absolute Gasteiger partial charge is 0.491 e. The van der Waals surface area contributed by atoms with Crippen LogP contribution in [0.4, 0.5) is 10.3 Å². The SMILES string of the molecule is C=C[C@@H]1CC1(CC(=O)[C@@H]1C[C@@H](Oc2cc(-c3csc(NC(C)C)n3)nc3c(Cl)c(OCCN(C)C)ccc23)CN1C(=O)[C@@H](CC(=O)OC1C[C@@H]2C[C@@H]2C1)C(C)(C)C)C(=O)O.C=C[C@@H]1CC1(CC(=O)[C@@H]1C[C@@H](Oc2cc(-c3csc(NC(C)C)n3)nc3c(Cl)c(OCCN(C)C)ccc23)CN1C(=O)[C@@H](CC(=O)OC1C[C@@H]2C[C@@H]2C1)C(C)(C)C)C(=O)OC. The van der Waals surface area contributed by atoms with Gasteiger partial charge in [0.05, 0.1) is 90.2 Å². The molecule has 16 atom stereocenters. The quantitative estimate of drug-likeness (QED) is 0.0187. The van der Waals surface area contributed by atoms with E-state index in [2.05, 4.69) is 23.8 Å². The first kappa shape index (κ1) is 90.2. The number of carbonyl (C=O) groups is 8. The van der Waals surface area contributed by atoms with E-state index in [0.717, 1.165) is 35.9 Å². The Bertz CT molecular complexity index is 4900. The molecule has 6 heterocycles. The van der Waals surface area contributed by atoms with Crippen LogP contribution in [-0.2, 0) is 52.6 Å². The van der Waals surface area contributed by atoms with E-state index in [0.29, 0.717) is 140 Å². The van der Waals surface area contributed by atoms with E-state index in [1.807, 2.05) is 136 Å². The zero-order valence-corrected chi connectivity index (χ0v) is 75.4. The van der Waals surface area contributed by atoms with Crippen molar-refractivity contribution in [1.82, 2.24) is 39.5 Å². The van der Waals surface area contributed by atoms with Crippen LogP contribution in [0.2, 0.25) is 10.0 Å². The lowest BCUT2D eigenvalue weighted by molar-refractivity contribution is -0.157. The van der Waals surface area contributed by atoms with Gasteiger partial charge in [-0.1, -0.05) is 76.9 Å². The fourth-order valence-electron chi connectivity index (χ4n) is 18.0. The summed E-state index contributed by atoms with van der Waals surface area (Å²) in [5, 5.41) is 24.0. The van der Waals surface area contributed by atoms with Gasteiger partial charge in [0.1, 0.15) is 82.1 Å². The van der Waals surface area contributed by atoms with Crippen LogP contribution >= 0.6 is 45.9 Å². The lowest BCUT2D eigenvalue weighted by Crippen LogP contribution is -2.48. The maximum Gasteiger partial charge on any atom is 0.312 e. The van der Waals surface area contributed by atoms with Crippen LogP contribution in [-0.4, -0.2) is 215 Å². The van der Waals surface area contributed by atoms with Crippen molar-refractivity contribution in [3.63, 3.8) is 0 Å². The number of ether oxygens (including phenoxy) is 7. The number of fused-ring (bicyclic) bond motifs is 4. The van der Waals surface area contributed by atoms with Gasteiger partial charge in [-0.15, -0.1) is 35.8 Å². The molecule has 654 valence electrons. The number of aromatic nitrogens is 4. The third-order valence-electron chi connectivity index (χ3n) is 25.3. The number of amides is 2. The van der Waals surface area contributed by atoms with E-state index in [4.69, 9.17) is 76.3 Å². The zero-order chi connectivity index (χ0) is 87.2. The number of anilines is 2. The van der Waals surface area contributed by atoms with Crippen molar-refractivity contribution in [2.75, 3.05) is 85.3 Å². The lowest BCUT2D eigenvalue weighted by atomic mass is 9.77. The van der Waals surface area contributed by atoms with Gasteiger partial charge < -0.3 is 68.5 Å². The Kier molecular flexibility index (Phi) is 27.4. The number of nitrogens with zero attached hydrogens (tertiary/aromatic N) is 8. The highest BCUT2D eigenvalue weighted by molar-refractivity contribution is 7.14. The molecule has 2 aliphatic heterocycles. The van der Waals surface area contributed by atoms with E-state index in [1.165, 1.54) is 47.5 Å². The van der Waals surface area contributed by atoms with Gasteiger partial charge in [-0.05, 0) is 178 Å². The number of Topliss-reactive ketones (excluding diaryl/α,β-unsaturated/α-hetero) is 2. The van der Waals surface area contributed by atoms with Crippen molar-refractivity contribution in [1.29, 1.82) is 0 Å². The Balaban J connectivity index is 0.000000209. The first-order valence-corrected chi connectivity index (χ1v) is 45.0. The Morgan fingerprint density at radius 2 is 0.950 bits per heavy atom. The molecule has 6 saturated carbocycles. The summed E-state index contributed by atoms with van der Waals surface area (Å²) in [7, 11) is 9.16. The van der Waals surface area contributed by atoms with Crippen molar-refractivity contribution in [2.24, 2.45) is 69.0 Å². The maximum absolute atomic E-state index is 14.9. The molecule has 4 unspecified atom stereocenters. The molecule has 2 aromatic carbocycles. The molecule has 0 bridgehead atoms. The number of likely N-dealkylation sites (tertiary alicyclic amines) is 2.